The summed E-state index contributed by atoms with van der Waals surface area (Å²) in [5.41, 5.74) is 2.57. The molecular formula is C22H26N4O2S. The SMILES string of the molecule is COc1ccc(-c2cc(Cc3cccs3)c(=O)n(CN3CCN(C)CC3)n2)cc1. The number of nitrogens with zero attached hydrogens (tertiary/aromatic N) is 4. The predicted octanol–water partition coefficient (Wildman–Crippen LogP) is 2.78. The normalized spacial score (nSPS) is 15.5. The van der Waals surface area contributed by atoms with Gasteiger partial charge in [0, 0.05) is 48.6 Å². The second-order valence-corrected chi connectivity index (χ2v) is 8.44. The summed E-state index contributed by atoms with van der Waals surface area (Å²) in [6.45, 7) is 4.42. The van der Waals surface area contributed by atoms with Crippen LogP contribution in [0.1, 0.15) is 10.4 Å². The first-order valence-corrected chi connectivity index (χ1v) is 10.7. The molecule has 0 radical (unpaired) electrons. The molecule has 0 aliphatic carbocycles. The van der Waals surface area contributed by atoms with E-state index >= 15 is 0 Å². The summed E-state index contributed by atoms with van der Waals surface area (Å²) in [5.74, 6) is 0.804. The van der Waals surface area contributed by atoms with Crippen LogP contribution in [0.3, 0.4) is 0 Å². The van der Waals surface area contributed by atoms with Gasteiger partial charge in [-0.3, -0.25) is 9.69 Å². The Labute approximate surface area is 175 Å². The van der Waals surface area contributed by atoms with Crippen molar-refractivity contribution in [1.82, 2.24) is 19.6 Å². The summed E-state index contributed by atoms with van der Waals surface area (Å²) in [4.78, 5) is 18.9. The minimum Gasteiger partial charge on any atom is -0.497 e. The fourth-order valence-corrected chi connectivity index (χ4v) is 4.23. The molecule has 4 rings (SSSR count). The van der Waals surface area contributed by atoms with Crippen molar-refractivity contribution < 1.29 is 4.74 Å². The Morgan fingerprint density at radius 2 is 1.86 bits per heavy atom. The van der Waals surface area contributed by atoms with E-state index in [-0.39, 0.29) is 5.56 Å². The van der Waals surface area contributed by atoms with Gasteiger partial charge in [0.15, 0.2) is 0 Å². The number of rotatable bonds is 6. The van der Waals surface area contributed by atoms with E-state index in [2.05, 4.69) is 22.9 Å². The summed E-state index contributed by atoms with van der Waals surface area (Å²) in [7, 11) is 3.79. The first-order valence-electron chi connectivity index (χ1n) is 9.81. The van der Waals surface area contributed by atoms with Gasteiger partial charge in [-0.25, -0.2) is 4.68 Å². The first-order chi connectivity index (χ1) is 14.1. The standard InChI is InChI=1S/C22H26N4O2S/c1-24-9-11-25(12-10-24)16-26-22(27)18(14-20-4-3-13-29-20)15-21(23-26)17-5-7-19(28-2)8-6-17/h3-8,13,15H,9-12,14,16H2,1-2H3. The third-order valence-electron chi connectivity index (χ3n) is 5.31. The molecule has 0 bridgehead atoms. The Balaban J connectivity index is 1.68. The maximum Gasteiger partial charge on any atom is 0.271 e. The van der Waals surface area contributed by atoms with E-state index < -0.39 is 0 Å². The van der Waals surface area contributed by atoms with Crippen LogP contribution in [0.25, 0.3) is 11.3 Å². The maximum atomic E-state index is 13.2. The summed E-state index contributed by atoms with van der Waals surface area (Å²) < 4.78 is 6.90. The lowest BCUT2D eigenvalue weighted by Crippen LogP contribution is -2.46. The number of thiophene rings is 1. The third-order valence-corrected chi connectivity index (χ3v) is 6.19. The second kappa shape index (κ2) is 8.90. The summed E-state index contributed by atoms with van der Waals surface area (Å²) >= 11 is 1.67. The fraction of sp³-hybridized carbons (Fsp3) is 0.364. The van der Waals surface area contributed by atoms with Gasteiger partial charge in [-0.05, 0) is 48.8 Å². The summed E-state index contributed by atoms with van der Waals surface area (Å²) in [5, 5.41) is 6.76. The lowest BCUT2D eigenvalue weighted by molar-refractivity contribution is 0.117. The average Bonchev–Trinajstić information content (AvgIpc) is 3.25. The lowest BCUT2D eigenvalue weighted by atomic mass is 10.1. The molecule has 0 amide bonds. The number of ether oxygens (including phenoxy) is 1. The molecule has 0 N–H and O–H groups in total. The van der Waals surface area contributed by atoms with E-state index in [9.17, 15) is 4.79 Å². The molecule has 0 unspecified atom stereocenters. The van der Waals surface area contributed by atoms with Crippen molar-refractivity contribution in [3.8, 4) is 17.0 Å². The van der Waals surface area contributed by atoms with Gasteiger partial charge in [-0.15, -0.1) is 11.3 Å². The molecule has 1 fully saturated rings. The quantitative estimate of drug-likeness (QED) is 0.626. The molecule has 7 heteroatoms. The Hall–Kier alpha value is -2.48. The highest BCUT2D eigenvalue weighted by atomic mass is 32.1. The van der Waals surface area contributed by atoms with Crippen LogP contribution in [0.5, 0.6) is 5.75 Å². The highest BCUT2D eigenvalue weighted by Gasteiger charge is 2.17. The first kappa shape index (κ1) is 19.8. The number of hydrogen-bond donors (Lipinski definition) is 0. The summed E-state index contributed by atoms with van der Waals surface area (Å²) in [6.07, 6.45) is 0.630. The average molecular weight is 411 g/mol. The highest BCUT2D eigenvalue weighted by molar-refractivity contribution is 7.09. The molecular weight excluding hydrogens is 384 g/mol. The molecule has 1 aromatic carbocycles. The number of benzene rings is 1. The van der Waals surface area contributed by atoms with Crippen molar-refractivity contribution in [3.63, 3.8) is 0 Å². The van der Waals surface area contributed by atoms with Crippen LogP contribution in [0.15, 0.2) is 52.6 Å². The predicted molar refractivity (Wildman–Crippen MR) is 117 cm³/mol. The van der Waals surface area contributed by atoms with E-state index in [1.165, 1.54) is 4.88 Å². The van der Waals surface area contributed by atoms with Gasteiger partial charge in [0.2, 0.25) is 0 Å². The second-order valence-electron chi connectivity index (χ2n) is 7.41. The molecule has 29 heavy (non-hydrogen) atoms. The van der Waals surface area contributed by atoms with Gasteiger partial charge in [0.25, 0.3) is 5.56 Å². The van der Waals surface area contributed by atoms with E-state index in [4.69, 9.17) is 9.84 Å². The van der Waals surface area contributed by atoms with Crippen molar-refractivity contribution in [2.45, 2.75) is 13.1 Å². The Morgan fingerprint density at radius 1 is 1.10 bits per heavy atom. The van der Waals surface area contributed by atoms with Crippen LogP contribution in [0.2, 0.25) is 0 Å². The summed E-state index contributed by atoms with van der Waals surface area (Å²) in [6, 6.07) is 13.8. The zero-order valence-corrected chi connectivity index (χ0v) is 17.7. The van der Waals surface area contributed by atoms with Gasteiger partial charge in [0.1, 0.15) is 5.75 Å². The van der Waals surface area contributed by atoms with Gasteiger partial charge >= 0.3 is 0 Å². The van der Waals surface area contributed by atoms with Crippen LogP contribution in [-0.2, 0) is 13.1 Å². The van der Waals surface area contributed by atoms with Crippen LogP contribution < -0.4 is 10.3 Å². The van der Waals surface area contributed by atoms with E-state index in [0.717, 1.165) is 48.7 Å². The molecule has 0 spiro atoms. The number of hydrogen-bond acceptors (Lipinski definition) is 6. The van der Waals surface area contributed by atoms with Crippen molar-refractivity contribution in [3.05, 3.63) is 68.6 Å². The van der Waals surface area contributed by atoms with Gasteiger partial charge in [-0.1, -0.05) is 6.07 Å². The number of likely N-dealkylation sites (N-methyl/N-ethyl adjacent to an activating group) is 1. The minimum absolute atomic E-state index is 0.00501. The van der Waals surface area contributed by atoms with Crippen LogP contribution in [-0.4, -0.2) is 59.9 Å². The maximum absolute atomic E-state index is 13.2. The minimum atomic E-state index is -0.00501. The number of aromatic nitrogens is 2. The molecule has 3 aromatic rings. The van der Waals surface area contributed by atoms with Gasteiger partial charge in [0.05, 0.1) is 19.5 Å². The van der Waals surface area contributed by atoms with Gasteiger partial charge in [-0.2, -0.15) is 5.10 Å². The topological polar surface area (TPSA) is 50.6 Å². The van der Waals surface area contributed by atoms with Gasteiger partial charge < -0.3 is 9.64 Å². The van der Waals surface area contributed by atoms with Crippen molar-refractivity contribution >= 4 is 11.3 Å². The largest absolute Gasteiger partial charge is 0.497 e. The zero-order chi connectivity index (χ0) is 20.2. The smallest absolute Gasteiger partial charge is 0.271 e. The molecule has 1 aliphatic rings. The molecule has 1 aliphatic heterocycles. The molecule has 1 saturated heterocycles. The Morgan fingerprint density at radius 3 is 2.52 bits per heavy atom. The van der Waals surface area contributed by atoms with E-state index in [1.807, 2.05) is 41.8 Å². The molecule has 3 heterocycles. The molecule has 2 aromatic heterocycles. The van der Waals surface area contributed by atoms with Crippen molar-refractivity contribution in [1.29, 1.82) is 0 Å². The van der Waals surface area contributed by atoms with E-state index in [1.54, 1.807) is 23.1 Å². The molecule has 0 atom stereocenters. The molecule has 0 saturated carbocycles. The third kappa shape index (κ3) is 4.75. The monoisotopic (exact) mass is 410 g/mol. The van der Waals surface area contributed by atoms with Crippen LogP contribution in [0, 0.1) is 0 Å². The Bertz CT molecular complexity index is 991. The van der Waals surface area contributed by atoms with Crippen molar-refractivity contribution in [2.75, 3.05) is 40.3 Å². The zero-order valence-electron chi connectivity index (χ0n) is 16.9. The van der Waals surface area contributed by atoms with Crippen LogP contribution in [0.4, 0.5) is 0 Å². The number of piperazine rings is 1. The highest BCUT2D eigenvalue weighted by Crippen LogP contribution is 2.22. The number of methoxy groups -OCH3 is 1. The lowest BCUT2D eigenvalue weighted by Gasteiger charge is -2.32. The van der Waals surface area contributed by atoms with Crippen molar-refractivity contribution in [2.24, 2.45) is 0 Å². The van der Waals surface area contributed by atoms with E-state index in [0.29, 0.717) is 13.1 Å². The fourth-order valence-electron chi connectivity index (χ4n) is 3.50. The molecule has 152 valence electrons. The Kier molecular flexibility index (Phi) is 6.08. The van der Waals surface area contributed by atoms with Crippen LogP contribution >= 0.6 is 11.3 Å². The molecule has 6 nitrogen and oxygen atoms in total.